The van der Waals surface area contributed by atoms with Crippen LogP contribution < -0.4 is 10.1 Å². The van der Waals surface area contributed by atoms with Crippen molar-refractivity contribution in [3.05, 3.63) is 46.8 Å². The molecule has 0 aliphatic carbocycles. The maximum atomic E-state index is 10.5. The van der Waals surface area contributed by atoms with Crippen LogP contribution in [0.3, 0.4) is 0 Å². The lowest BCUT2D eigenvalue weighted by Crippen LogP contribution is -2.25. The maximum absolute atomic E-state index is 10.5. The zero-order valence-corrected chi connectivity index (χ0v) is 10.8. The van der Waals surface area contributed by atoms with Gasteiger partial charge in [0.25, 0.3) is 5.69 Å². The van der Waals surface area contributed by atoms with E-state index in [1.54, 1.807) is 29.2 Å². The third-order valence-electron chi connectivity index (χ3n) is 2.58. The largest absolute Gasteiger partial charge is 0.492 e. The molecule has 0 aliphatic rings. The Labute approximate surface area is 115 Å². The Kier molecular flexibility index (Phi) is 5.01. The van der Waals surface area contributed by atoms with Crippen molar-refractivity contribution in [2.75, 3.05) is 19.7 Å². The first kappa shape index (κ1) is 13.9. The van der Waals surface area contributed by atoms with Crippen molar-refractivity contribution in [3.8, 4) is 5.75 Å². The molecule has 0 aliphatic heterocycles. The summed E-state index contributed by atoms with van der Waals surface area (Å²) in [7, 11) is 0. The van der Waals surface area contributed by atoms with Gasteiger partial charge in [0.1, 0.15) is 12.4 Å². The van der Waals surface area contributed by atoms with E-state index in [9.17, 15) is 10.1 Å². The second-order valence-corrected chi connectivity index (χ2v) is 4.02. The average Bonchev–Trinajstić information content (AvgIpc) is 2.96. The number of nitrogens with zero attached hydrogens (tertiary/aromatic N) is 4. The molecule has 1 N–H and O–H groups in total. The molecule has 20 heavy (non-hydrogen) atoms. The van der Waals surface area contributed by atoms with Crippen molar-refractivity contribution < 1.29 is 9.66 Å². The van der Waals surface area contributed by atoms with Gasteiger partial charge in [0.05, 0.1) is 17.7 Å². The molecule has 0 saturated carbocycles. The third kappa shape index (κ3) is 4.32. The van der Waals surface area contributed by atoms with E-state index in [1.807, 2.05) is 0 Å². The van der Waals surface area contributed by atoms with Crippen LogP contribution in [-0.4, -0.2) is 39.6 Å². The molecule has 8 nitrogen and oxygen atoms in total. The van der Waals surface area contributed by atoms with E-state index in [1.165, 1.54) is 12.1 Å². The van der Waals surface area contributed by atoms with Crippen LogP contribution >= 0.6 is 0 Å². The molecule has 1 heterocycles. The van der Waals surface area contributed by atoms with Crippen LogP contribution in [0.15, 0.2) is 36.7 Å². The fourth-order valence-electron chi connectivity index (χ4n) is 1.58. The van der Waals surface area contributed by atoms with Crippen molar-refractivity contribution in [1.29, 1.82) is 0 Å². The van der Waals surface area contributed by atoms with E-state index >= 15 is 0 Å². The minimum absolute atomic E-state index is 0.0586. The summed E-state index contributed by atoms with van der Waals surface area (Å²) in [5.74, 6) is 0.619. The zero-order chi connectivity index (χ0) is 14.2. The second kappa shape index (κ2) is 7.19. The van der Waals surface area contributed by atoms with Crippen LogP contribution in [-0.2, 0) is 6.54 Å². The summed E-state index contributed by atoms with van der Waals surface area (Å²) in [5.41, 5.74) is 0.0586. The number of hydrogen-bond acceptors (Lipinski definition) is 6. The predicted molar refractivity (Wildman–Crippen MR) is 71.5 cm³/mol. The first-order valence-electron chi connectivity index (χ1n) is 6.18. The Morgan fingerprint density at radius 3 is 2.75 bits per heavy atom. The molecular formula is C12H15N5O3. The summed E-state index contributed by atoms with van der Waals surface area (Å²) in [6, 6.07) is 6.03. The number of aromatic nitrogens is 3. The summed E-state index contributed by atoms with van der Waals surface area (Å²) in [5, 5.41) is 21.2. The van der Waals surface area contributed by atoms with E-state index in [4.69, 9.17) is 4.74 Å². The minimum Gasteiger partial charge on any atom is -0.492 e. The Bertz CT molecular complexity index is 527. The summed E-state index contributed by atoms with van der Waals surface area (Å²) in [4.78, 5) is 10.1. The normalized spacial score (nSPS) is 10.4. The van der Waals surface area contributed by atoms with E-state index in [2.05, 4.69) is 15.6 Å². The smallest absolute Gasteiger partial charge is 0.269 e. The molecule has 0 radical (unpaired) electrons. The van der Waals surface area contributed by atoms with Crippen LogP contribution in [0.2, 0.25) is 0 Å². The quantitative estimate of drug-likeness (QED) is 0.437. The molecule has 0 bridgehead atoms. The summed E-state index contributed by atoms with van der Waals surface area (Å²) < 4.78 is 7.20. The van der Waals surface area contributed by atoms with Gasteiger partial charge >= 0.3 is 0 Å². The van der Waals surface area contributed by atoms with Gasteiger partial charge in [0.15, 0.2) is 0 Å². The Morgan fingerprint density at radius 1 is 1.30 bits per heavy atom. The van der Waals surface area contributed by atoms with Gasteiger partial charge in [0, 0.05) is 31.4 Å². The topological polar surface area (TPSA) is 95.1 Å². The Morgan fingerprint density at radius 2 is 2.10 bits per heavy atom. The lowest BCUT2D eigenvalue weighted by molar-refractivity contribution is -0.384. The number of benzene rings is 1. The number of non-ortho nitro benzene ring substituents is 1. The highest BCUT2D eigenvalue weighted by molar-refractivity contribution is 5.35. The monoisotopic (exact) mass is 277 g/mol. The van der Waals surface area contributed by atoms with Crippen LogP contribution in [0.4, 0.5) is 5.69 Å². The standard InChI is InChI=1S/C12H15N5O3/c18-17(19)11-1-3-12(4-2-11)20-10-7-13-5-8-16-9-6-14-15-16/h1-4,6,9,13H,5,7-8,10H2. The van der Waals surface area contributed by atoms with E-state index in [0.29, 0.717) is 18.9 Å². The number of nitro benzene ring substituents is 1. The fourth-order valence-corrected chi connectivity index (χ4v) is 1.58. The van der Waals surface area contributed by atoms with Crippen molar-refractivity contribution in [3.63, 3.8) is 0 Å². The second-order valence-electron chi connectivity index (χ2n) is 4.02. The van der Waals surface area contributed by atoms with Gasteiger partial charge in [-0.3, -0.25) is 14.8 Å². The highest BCUT2D eigenvalue weighted by Crippen LogP contribution is 2.16. The zero-order valence-electron chi connectivity index (χ0n) is 10.8. The van der Waals surface area contributed by atoms with Gasteiger partial charge < -0.3 is 10.1 Å². The van der Waals surface area contributed by atoms with Gasteiger partial charge in [-0.25, -0.2) is 0 Å². The predicted octanol–water partition coefficient (Wildman–Crippen LogP) is 0.855. The summed E-state index contributed by atoms with van der Waals surface area (Å²) in [6.45, 7) is 2.70. The number of ether oxygens (including phenoxy) is 1. The molecule has 0 atom stereocenters. The fraction of sp³-hybridized carbons (Fsp3) is 0.333. The Hall–Kier alpha value is -2.48. The van der Waals surface area contributed by atoms with Crippen molar-refractivity contribution >= 4 is 5.69 Å². The summed E-state index contributed by atoms with van der Waals surface area (Å²) in [6.07, 6.45) is 3.44. The third-order valence-corrected chi connectivity index (χ3v) is 2.58. The van der Waals surface area contributed by atoms with Crippen molar-refractivity contribution in [2.24, 2.45) is 0 Å². The molecule has 106 valence electrons. The molecule has 2 aromatic rings. The Balaban J connectivity index is 1.59. The molecule has 0 spiro atoms. The number of hydrogen-bond donors (Lipinski definition) is 1. The van der Waals surface area contributed by atoms with Gasteiger partial charge in [0.2, 0.25) is 0 Å². The average molecular weight is 277 g/mol. The first-order chi connectivity index (χ1) is 9.75. The van der Waals surface area contributed by atoms with Crippen LogP contribution in [0, 0.1) is 10.1 Å². The SMILES string of the molecule is O=[N+]([O-])c1ccc(OCCNCCn2ccnn2)cc1. The molecular weight excluding hydrogens is 262 g/mol. The highest BCUT2D eigenvalue weighted by atomic mass is 16.6. The molecule has 0 amide bonds. The van der Waals surface area contributed by atoms with E-state index < -0.39 is 4.92 Å². The molecule has 0 fully saturated rings. The highest BCUT2D eigenvalue weighted by Gasteiger charge is 2.03. The van der Waals surface area contributed by atoms with E-state index in [-0.39, 0.29) is 5.69 Å². The van der Waals surface area contributed by atoms with Crippen molar-refractivity contribution in [2.45, 2.75) is 6.54 Å². The van der Waals surface area contributed by atoms with Crippen LogP contribution in [0.25, 0.3) is 0 Å². The summed E-state index contributed by atoms with van der Waals surface area (Å²) >= 11 is 0. The number of nitro groups is 1. The van der Waals surface area contributed by atoms with Gasteiger partial charge in [-0.15, -0.1) is 5.10 Å². The van der Waals surface area contributed by atoms with Gasteiger partial charge in [-0.05, 0) is 12.1 Å². The molecule has 8 heteroatoms. The number of nitrogens with one attached hydrogen (secondary N) is 1. The van der Waals surface area contributed by atoms with Crippen LogP contribution in [0.1, 0.15) is 0 Å². The van der Waals surface area contributed by atoms with E-state index in [0.717, 1.165) is 13.1 Å². The molecule has 0 saturated heterocycles. The lowest BCUT2D eigenvalue weighted by atomic mass is 10.3. The van der Waals surface area contributed by atoms with Gasteiger partial charge in [-0.1, -0.05) is 5.21 Å². The van der Waals surface area contributed by atoms with Gasteiger partial charge in [-0.2, -0.15) is 0 Å². The minimum atomic E-state index is -0.435. The van der Waals surface area contributed by atoms with Crippen molar-refractivity contribution in [1.82, 2.24) is 20.3 Å². The number of rotatable bonds is 8. The first-order valence-corrected chi connectivity index (χ1v) is 6.18. The molecule has 1 aromatic carbocycles. The maximum Gasteiger partial charge on any atom is 0.269 e. The molecule has 1 aromatic heterocycles. The molecule has 0 unspecified atom stereocenters. The molecule has 2 rings (SSSR count). The lowest BCUT2D eigenvalue weighted by Gasteiger charge is -2.07. The van der Waals surface area contributed by atoms with Crippen LogP contribution in [0.5, 0.6) is 5.75 Å².